The summed E-state index contributed by atoms with van der Waals surface area (Å²) in [4.78, 5) is 16.0. The number of aromatic nitrogens is 1. The molecule has 1 saturated heterocycles. The topological polar surface area (TPSA) is 107 Å². The maximum Gasteiger partial charge on any atom is 0.233 e. The van der Waals surface area contributed by atoms with E-state index in [2.05, 4.69) is 15.8 Å². The van der Waals surface area contributed by atoms with Gasteiger partial charge >= 0.3 is 0 Å². The van der Waals surface area contributed by atoms with Crippen LogP contribution in [0.2, 0.25) is 0 Å². The van der Waals surface area contributed by atoms with Crippen molar-refractivity contribution >= 4 is 16.9 Å². The van der Waals surface area contributed by atoms with Crippen molar-refractivity contribution in [2.45, 2.75) is 63.2 Å². The van der Waals surface area contributed by atoms with E-state index in [0.717, 1.165) is 35.6 Å². The molecule has 2 N–H and O–H groups in total. The molecule has 2 unspecified atom stereocenters. The van der Waals surface area contributed by atoms with Crippen molar-refractivity contribution in [3.05, 3.63) is 77.0 Å². The van der Waals surface area contributed by atoms with Crippen LogP contribution >= 0.6 is 0 Å². The van der Waals surface area contributed by atoms with Crippen molar-refractivity contribution in [1.29, 1.82) is 0 Å². The molecule has 0 bridgehead atoms. The Labute approximate surface area is 231 Å². The molecule has 1 aliphatic heterocycles. The summed E-state index contributed by atoms with van der Waals surface area (Å²) in [5.74, 6) is 2.82. The third-order valence-electron chi connectivity index (χ3n) is 7.09. The Hall–Kier alpha value is -3.43. The Morgan fingerprint density at radius 2 is 1.87 bits per heavy atom. The van der Waals surface area contributed by atoms with Crippen molar-refractivity contribution < 1.29 is 28.3 Å². The van der Waals surface area contributed by atoms with Gasteiger partial charge in [-0.25, -0.2) is 9.19 Å². The monoisotopic (exact) mass is 550 g/mol. The number of carbonyl (C=O) groups is 1. The minimum absolute atomic E-state index is 0.183. The summed E-state index contributed by atoms with van der Waals surface area (Å²) >= 11 is 0. The number of nitrogens with one attached hydrogen (secondary N) is 1. The van der Waals surface area contributed by atoms with Crippen LogP contribution in [0, 0.1) is 6.92 Å². The highest BCUT2D eigenvalue weighted by atomic mass is 32.2. The molecule has 0 spiro atoms. The molecule has 3 atom stereocenters. The lowest BCUT2D eigenvalue weighted by molar-refractivity contribution is -0.118. The van der Waals surface area contributed by atoms with Gasteiger partial charge in [-0.05, 0) is 74.6 Å². The standard InChI is InChI=1S/C30H34N2O6S/c1-19-25(13-14-29(31-19)36-16-15-30(2,3)34)38-26-6-4-5-23-21(9-12-24(23)26)18-37-22-10-7-20(8-11-22)27-17-28(33)32-39(27)35/h4-8,10-11,13-14,21,27,34H,9,12,15-18H2,1-3H3,(H,32,33)/t21-,27?,39?/m0/s1. The van der Waals surface area contributed by atoms with Crippen LogP contribution in [-0.2, 0) is 22.2 Å². The normalized spacial score (nSPS) is 20.4. The van der Waals surface area contributed by atoms with Crippen LogP contribution in [0.15, 0.2) is 54.6 Å². The van der Waals surface area contributed by atoms with Crippen LogP contribution < -0.4 is 18.9 Å². The van der Waals surface area contributed by atoms with Gasteiger partial charge in [-0.3, -0.25) is 9.52 Å². The minimum Gasteiger partial charge on any atom is -0.493 e. The van der Waals surface area contributed by atoms with Gasteiger partial charge in [0, 0.05) is 24.8 Å². The molecule has 1 fully saturated rings. The highest BCUT2D eigenvalue weighted by Crippen LogP contribution is 2.41. The molecule has 1 aromatic heterocycles. The number of hydrogen-bond donors (Lipinski definition) is 2. The highest BCUT2D eigenvalue weighted by Gasteiger charge is 2.31. The quantitative estimate of drug-likeness (QED) is 0.364. The van der Waals surface area contributed by atoms with E-state index in [9.17, 15) is 14.1 Å². The molecular weight excluding hydrogens is 516 g/mol. The number of aryl methyl sites for hydroxylation is 1. The Kier molecular flexibility index (Phi) is 7.91. The fourth-order valence-corrected chi connectivity index (χ4v) is 6.06. The highest BCUT2D eigenvalue weighted by molar-refractivity contribution is 7.84. The predicted octanol–water partition coefficient (Wildman–Crippen LogP) is 5.06. The summed E-state index contributed by atoms with van der Waals surface area (Å²) in [6.45, 7) is 6.33. The van der Waals surface area contributed by atoms with Gasteiger partial charge in [-0.2, -0.15) is 0 Å². The van der Waals surface area contributed by atoms with Crippen molar-refractivity contribution in [2.24, 2.45) is 0 Å². The van der Waals surface area contributed by atoms with Gasteiger partial charge in [-0.1, -0.05) is 24.3 Å². The number of pyridine rings is 1. The molecule has 9 heteroatoms. The summed E-state index contributed by atoms with van der Waals surface area (Å²) < 4.78 is 32.6. The number of carbonyl (C=O) groups excluding carboxylic acids is 1. The number of aliphatic hydroxyl groups is 1. The number of fused-ring (bicyclic) bond motifs is 1. The van der Waals surface area contributed by atoms with Gasteiger partial charge in [0.25, 0.3) is 0 Å². The van der Waals surface area contributed by atoms with Crippen molar-refractivity contribution in [3.8, 4) is 23.1 Å². The lowest BCUT2D eigenvalue weighted by Crippen LogP contribution is -2.22. The summed E-state index contributed by atoms with van der Waals surface area (Å²) in [6, 6.07) is 17.3. The summed E-state index contributed by atoms with van der Waals surface area (Å²) in [5.41, 5.74) is 3.23. The molecule has 2 heterocycles. The lowest BCUT2D eigenvalue weighted by Gasteiger charge is -2.17. The predicted molar refractivity (Wildman–Crippen MR) is 149 cm³/mol. The van der Waals surface area contributed by atoms with Gasteiger partial charge in [0.2, 0.25) is 11.8 Å². The molecule has 2 aliphatic rings. The first kappa shape index (κ1) is 27.1. The SMILES string of the molecule is Cc1nc(OCCC(C)(C)O)ccc1Oc1cccc2c1CC[C@H]2COc1ccc(C2CC(=O)NS2=O)cc1. The van der Waals surface area contributed by atoms with Crippen molar-refractivity contribution in [2.75, 3.05) is 13.2 Å². The smallest absolute Gasteiger partial charge is 0.233 e. The van der Waals surface area contributed by atoms with Crippen molar-refractivity contribution in [1.82, 2.24) is 9.71 Å². The van der Waals surface area contributed by atoms with E-state index in [1.165, 1.54) is 11.1 Å². The van der Waals surface area contributed by atoms with E-state index >= 15 is 0 Å². The average Bonchev–Trinajstić information content (AvgIpc) is 3.46. The van der Waals surface area contributed by atoms with Crippen LogP contribution in [0.5, 0.6) is 23.1 Å². The molecule has 0 radical (unpaired) electrons. The molecule has 206 valence electrons. The molecule has 39 heavy (non-hydrogen) atoms. The summed E-state index contributed by atoms with van der Waals surface area (Å²) in [5, 5.41) is 9.55. The molecule has 0 saturated carbocycles. The zero-order valence-electron chi connectivity index (χ0n) is 22.4. The fourth-order valence-electron chi connectivity index (χ4n) is 4.90. The lowest BCUT2D eigenvalue weighted by atomic mass is 10.0. The first-order chi connectivity index (χ1) is 18.7. The Balaban J connectivity index is 1.20. The number of benzene rings is 2. The molecule has 1 aliphatic carbocycles. The van der Waals surface area contributed by atoms with E-state index in [4.69, 9.17) is 14.2 Å². The summed E-state index contributed by atoms with van der Waals surface area (Å²) in [6.07, 6.45) is 2.62. The van der Waals surface area contributed by atoms with E-state index in [1.54, 1.807) is 19.9 Å². The first-order valence-corrected chi connectivity index (χ1v) is 14.4. The Morgan fingerprint density at radius 1 is 1.08 bits per heavy atom. The maximum absolute atomic E-state index is 12.1. The first-order valence-electron chi connectivity index (χ1n) is 13.2. The van der Waals surface area contributed by atoms with Gasteiger partial charge in [0.1, 0.15) is 28.2 Å². The molecule has 3 aromatic rings. The van der Waals surface area contributed by atoms with Gasteiger partial charge in [0.15, 0.2) is 0 Å². The van der Waals surface area contributed by atoms with Crippen LogP contribution in [0.1, 0.15) is 66.7 Å². The molecular formula is C30H34N2O6S. The van der Waals surface area contributed by atoms with Crippen LogP contribution in [0.4, 0.5) is 0 Å². The van der Waals surface area contributed by atoms with E-state index in [1.807, 2.05) is 49.4 Å². The minimum atomic E-state index is -1.37. The van der Waals surface area contributed by atoms with Gasteiger partial charge in [0.05, 0.1) is 29.8 Å². The average molecular weight is 551 g/mol. The molecule has 8 nitrogen and oxygen atoms in total. The zero-order valence-corrected chi connectivity index (χ0v) is 23.3. The Morgan fingerprint density at radius 3 is 2.56 bits per heavy atom. The van der Waals surface area contributed by atoms with Crippen molar-refractivity contribution in [3.63, 3.8) is 0 Å². The Bertz CT molecular complexity index is 1370. The number of hydrogen-bond acceptors (Lipinski definition) is 7. The maximum atomic E-state index is 12.1. The zero-order chi connectivity index (χ0) is 27.6. The van der Waals surface area contributed by atoms with E-state index in [-0.39, 0.29) is 23.5 Å². The number of ether oxygens (including phenoxy) is 3. The second-order valence-corrected chi connectivity index (χ2v) is 12.1. The van der Waals surface area contributed by atoms with Crippen LogP contribution in [-0.4, -0.2) is 39.0 Å². The van der Waals surface area contributed by atoms with Gasteiger partial charge in [-0.15, -0.1) is 0 Å². The molecule has 1 amide bonds. The van der Waals surface area contributed by atoms with Crippen LogP contribution in [0.25, 0.3) is 0 Å². The number of amides is 1. The third kappa shape index (κ3) is 6.59. The number of rotatable bonds is 10. The summed E-state index contributed by atoms with van der Waals surface area (Å²) in [7, 11) is -1.37. The number of nitrogens with zero attached hydrogens (tertiary/aromatic N) is 1. The second-order valence-electron chi connectivity index (χ2n) is 10.7. The fraction of sp³-hybridized carbons (Fsp3) is 0.400. The largest absolute Gasteiger partial charge is 0.493 e. The van der Waals surface area contributed by atoms with Gasteiger partial charge < -0.3 is 19.3 Å². The second kappa shape index (κ2) is 11.4. The van der Waals surface area contributed by atoms with Crippen LogP contribution in [0.3, 0.4) is 0 Å². The molecule has 5 rings (SSSR count). The van der Waals surface area contributed by atoms with E-state index in [0.29, 0.717) is 31.3 Å². The third-order valence-corrected chi connectivity index (χ3v) is 8.48. The molecule has 2 aromatic carbocycles. The van der Waals surface area contributed by atoms with E-state index < -0.39 is 16.6 Å².